The highest BCUT2D eigenvalue weighted by atomic mass is 35.5. The summed E-state index contributed by atoms with van der Waals surface area (Å²) >= 11 is 6.02. The van der Waals surface area contributed by atoms with Gasteiger partial charge in [-0.25, -0.2) is 0 Å². The van der Waals surface area contributed by atoms with Gasteiger partial charge in [0.2, 0.25) is 5.91 Å². The van der Waals surface area contributed by atoms with Crippen LogP contribution < -0.4 is 11.1 Å². The van der Waals surface area contributed by atoms with Crippen LogP contribution in [0.3, 0.4) is 0 Å². The van der Waals surface area contributed by atoms with Crippen LogP contribution in [0.15, 0.2) is 24.3 Å². The summed E-state index contributed by atoms with van der Waals surface area (Å²) in [5.41, 5.74) is 7.08. The van der Waals surface area contributed by atoms with Crippen molar-refractivity contribution in [2.75, 3.05) is 20.1 Å². The highest BCUT2D eigenvalue weighted by molar-refractivity contribution is 6.30. The number of likely N-dealkylation sites (N-methyl/N-ethyl adjacent to an activating group) is 2. The van der Waals surface area contributed by atoms with Crippen LogP contribution >= 0.6 is 11.6 Å². The number of halogens is 1. The van der Waals surface area contributed by atoms with Crippen molar-refractivity contribution in [3.63, 3.8) is 0 Å². The lowest BCUT2D eigenvalue weighted by Gasteiger charge is -2.31. The number of carbonyl (C=O) groups is 1. The molecule has 1 aromatic carbocycles. The number of nitrogens with two attached hydrogens (primary N) is 1. The summed E-state index contributed by atoms with van der Waals surface area (Å²) in [6, 6.07) is 7.46. The zero-order valence-electron chi connectivity index (χ0n) is 11.7. The van der Waals surface area contributed by atoms with Gasteiger partial charge in [-0.3, -0.25) is 9.69 Å². The summed E-state index contributed by atoms with van der Waals surface area (Å²) in [5.74, 6) is -0.00215. The van der Waals surface area contributed by atoms with Crippen molar-refractivity contribution in [2.45, 2.75) is 25.9 Å². The quantitative estimate of drug-likeness (QED) is 0.837. The lowest BCUT2D eigenvalue weighted by Crippen LogP contribution is -2.42. The lowest BCUT2D eigenvalue weighted by atomic mass is 9.99. The third kappa shape index (κ3) is 4.82. The Morgan fingerprint density at radius 3 is 2.74 bits per heavy atom. The molecule has 0 spiro atoms. The second kappa shape index (κ2) is 7.48. The largest absolute Gasteiger partial charge is 0.355 e. The van der Waals surface area contributed by atoms with E-state index in [0.717, 1.165) is 5.56 Å². The Kier molecular flexibility index (Phi) is 6.28. The molecular weight excluding hydrogens is 262 g/mol. The van der Waals surface area contributed by atoms with E-state index in [2.05, 4.69) is 5.32 Å². The number of hydrogen-bond donors (Lipinski definition) is 2. The summed E-state index contributed by atoms with van der Waals surface area (Å²) in [5, 5.41) is 3.46. The number of rotatable bonds is 6. The van der Waals surface area contributed by atoms with Crippen LogP contribution in [0.1, 0.15) is 25.5 Å². The minimum atomic E-state index is -0.0992. The number of amides is 1. The smallest absolute Gasteiger partial charge is 0.234 e. The Morgan fingerprint density at radius 1 is 1.53 bits per heavy atom. The minimum absolute atomic E-state index is 0.00215. The molecule has 2 unspecified atom stereocenters. The molecule has 0 heterocycles. The van der Waals surface area contributed by atoms with E-state index in [9.17, 15) is 4.79 Å². The van der Waals surface area contributed by atoms with Gasteiger partial charge in [0.25, 0.3) is 0 Å². The van der Waals surface area contributed by atoms with Crippen molar-refractivity contribution in [2.24, 2.45) is 5.73 Å². The van der Waals surface area contributed by atoms with Gasteiger partial charge in [-0.15, -0.1) is 0 Å². The number of nitrogens with zero attached hydrogens (tertiary/aromatic N) is 1. The van der Waals surface area contributed by atoms with E-state index in [0.29, 0.717) is 18.1 Å². The van der Waals surface area contributed by atoms with Crippen LogP contribution in [0.5, 0.6) is 0 Å². The standard InChI is InChI=1S/C14H22ClN3O/c1-4-17-13(19)9-18(3)14(10(2)16)11-6-5-7-12(15)8-11/h5-8,10,14H,4,9,16H2,1-3H3,(H,17,19). The van der Waals surface area contributed by atoms with Gasteiger partial charge in [-0.05, 0) is 38.6 Å². The number of hydrogen-bond acceptors (Lipinski definition) is 3. The maximum absolute atomic E-state index is 11.7. The number of carbonyl (C=O) groups excluding carboxylic acids is 1. The molecule has 0 bridgehead atoms. The maximum Gasteiger partial charge on any atom is 0.234 e. The molecule has 1 amide bonds. The topological polar surface area (TPSA) is 58.4 Å². The zero-order valence-corrected chi connectivity index (χ0v) is 12.4. The first kappa shape index (κ1) is 16.0. The van der Waals surface area contributed by atoms with Crippen LogP contribution in [0.4, 0.5) is 0 Å². The van der Waals surface area contributed by atoms with Gasteiger partial charge >= 0.3 is 0 Å². The molecular formula is C14H22ClN3O. The molecule has 0 radical (unpaired) electrons. The van der Waals surface area contributed by atoms with Gasteiger partial charge in [0.15, 0.2) is 0 Å². The molecule has 2 atom stereocenters. The highest BCUT2D eigenvalue weighted by Crippen LogP contribution is 2.24. The molecule has 19 heavy (non-hydrogen) atoms. The average Bonchev–Trinajstić information content (AvgIpc) is 2.28. The van der Waals surface area contributed by atoms with Gasteiger partial charge < -0.3 is 11.1 Å². The van der Waals surface area contributed by atoms with E-state index in [1.165, 1.54) is 0 Å². The molecule has 3 N–H and O–H groups in total. The molecule has 0 saturated carbocycles. The molecule has 0 aromatic heterocycles. The third-order valence-corrected chi connectivity index (χ3v) is 3.17. The average molecular weight is 284 g/mol. The number of benzene rings is 1. The Bertz CT molecular complexity index is 423. The molecule has 0 fully saturated rings. The Labute approximate surface area is 119 Å². The van der Waals surface area contributed by atoms with Crippen molar-refractivity contribution in [1.29, 1.82) is 0 Å². The van der Waals surface area contributed by atoms with Crippen LogP contribution in [-0.4, -0.2) is 37.0 Å². The fourth-order valence-corrected chi connectivity index (χ4v) is 2.43. The minimum Gasteiger partial charge on any atom is -0.355 e. The first-order valence-electron chi connectivity index (χ1n) is 6.43. The van der Waals surface area contributed by atoms with Crippen LogP contribution in [-0.2, 0) is 4.79 Å². The van der Waals surface area contributed by atoms with Crippen LogP contribution in [0.2, 0.25) is 5.02 Å². The SMILES string of the molecule is CCNC(=O)CN(C)C(c1cccc(Cl)c1)C(C)N. The predicted octanol–water partition coefficient (Wildman–Crippen LogP) is 1.80. The normalized spacial score (nSPS) is 14.2. The van der Waals surface area contributed by atoms with E-state index in [4.69, 9.17) is 17.3 Å². The Morgan fingerprint density at radius 2 is 2.21 bits per heavy atom. The molecule has 0 saturated heterocycles. The van der Waals surface area contributed by atoms with E-state index < -0.39 is 0 Å². The number of nitrogens with one attached hydrogen (secondary N) is 1. The monoisotopic (exact) mass is 283 g/mol. The summed E-state index contributed by atoms with van der Waals surface area (Å²) in [6.45, 7) is 4.77. The van der Waals surface area contributed by atoms with Gasteiger partial charge in [-0.2, -0.15) is 0 Å². The molecule has 0 aliphatic rings. The molecule has 1 rings (SSSR count). The van der Waals surface area contributed by atoms with Crippen LogP contribution in [0.25, 0.3) is 0 Å². The van der Waals surface area contributed by atoms with Gasteiger partial charge in [0.1, 0.15) is 0 Å². The summed E-state index contributed by atoms with van der Waals surface area (Å²) in [6.07, 6.45) is 0. The molecule has 0 aliphatic carbocycles. The van der Waals surface area contributed by atoms with E-state index >= 15 is 0 Å². The fourth-order valence-electron chi connectivity index (χ4n) is 2.23. The van der Waals surface area contributed by atoms with Crippen molar-refractivity contribution in [3.05, 3.63) is 34.9 Å². The summed E-state index contributed by atoms with van der Waals surface area (Å²) < 4.78 is 0. The van der Waals surface area contributed by atoms with Crippen molar-refractivity contribution < 1.29 is 4.79 Å². The summed E-state index contributed by atoms with van der Waals surface area (Å²) in [4.78, 5) is 13.6. The first-order chi connectivity index (χ1) is 8.95. The van der Waals surface area contributed by atoms with Crippen molar-refractivity contribution >= 4 is 17.5 Å². The van der Waals surface area contributed by atoms with Crippen LogP contribution in [0, 0.1) is 0 Å². The van der Waals surface area contributed by atoms with Crippen molar-refractivity contribution in [1.82, 2.24) is 10.2 Å². The molecule has 4 nitrogen and oxygen atoms in total. The second-order valence-electron chi connectivity index (χ2n) is 4.73. The molecule has 1 aromatic rings. The fraction of sp³-hybridized carbons (Fsp3) is 0.500. The lowest BCUT2D eigenvalue weighted by molar-refractivity contribution is -0.122. The Balaban J connectivity index is 2.85. The van der Waals surface area contributed by atoms with E-state index in [1.807, 2.05) is 50.1 Å². The maximum atomic E-state index is 11.7. The van der Waals surface area contributed by atoms with Gasteiger partial charge in [-0.1, -0.05) is 23.7 Å². The van der Waals surface area contributed by atoms with E-state index in [-0.39, 0.29) is 18.0 Å². The molecule has 106 valence electrons. The molecule has 5 heteroatoms. The van der Waals surface area contributed by atoms with E-state index in [1.54, 1.807) is 0 Å². The zero-order chi connectivity index (χ0) is 14.4. The molecule has 0 aliphatic heterocycles. The highest BCUT2D eigenvalue weighted by Gasteiger charge is 2.22. The summed E-state index contributed by atoms with van der Waals surface area (Å²) in [7, 11) is 1.89. The van der Waals surface area contributed by atoms with Gasteiger partial charge in [0, 0.05) is 23.7 Å². The second-order valence-corrected chi connectivity index (χ2v) is 5.16. The van der Waals surface area contributed by atoms with Crippen molar-refractivity contribution in [3.8, 4) is 0 Å². The van der Waals surface area contributed by atoms with Gasteiger partial charge in [0.05, 0.1) is 6.54 Å². The Hall–Kier alpha value is -1.10. The first-order valence-corrected chi connectivity index (χ1v) is 6.81. The third-order valence-electron chi connectivity index (χ3n) is 2.93. The predicted molar refractivity (Wildman–Crippen MR) is 79.2 cm³/mol.